The van der Waals surface area contributed by atoms with Crippen molar-refractivity contribution in [2.75, 3.05) is 18.5 Å². The van der Waals surface area contributed by atoms with Crippen LogP contribution in [0.4, 0.5) is 5.69 Å². The van der Waals surface area contributed by atoms with E-state index in [1.54, 1.807) is 11.5 Å². The number of unbranched alkanes of at least 4 members (excludes halogenated alkanes) is 3. The first kappa shape index (κ1) is 31.1. The van der Waals surface area contributed by atoms with Gasteiger partial charge in [-0.15, -0.1) is 0 Å². The molecule has 4 N–H and O–H groups in total. The lowest BCUT2D eigenvalue weighted by Gasteiger charge is -2.20. The van der Waals surface area contributed by atoms with Gasteiger partial charge < -0.3 is 20.1 Å². The largest absolute Gasteiger partial charge is 0.493 e. The Kier molecular flexibility index (Phi) is 14.0. The summed E-state index contributed by atoms with van der Waals surface area (Å²) >= 11 is 0. The molecule has 0 heterocycles. The second kappa shape index (κ2) is 18.0. The molecule has 0 bridgehead atoms. The second-order valence-electron chi connectivity index (χ2n) is 10.3. The lowest BCUT2D eigenvalue weighted by Crippen LogP contribution is -2.41. The molecule has 2 aromatic carbocycles. The molecule has 218 valence electrons. The average Bonchev–Trinajstić information content (AvgIpc) is 3.47. The maximum absolute atomic E-state index is 12.9. The molecule has 9 nitrogen and oxygen atoms in total. The Morgan fingerprint density at radius 1 is 0.875 bits per heavy atom. The maximum atomic E-state index is 12.9. The smallest absolute Gasteiger partial charge is 0.323 e. The zero-order valence-corrected chi connectivity index (χ0v) is 23.2. The average molecular weight is 554 g/mol. The number of amides is 2. The predicted octanol–water partition coefficient (Wildman–Crippen LogP) is 4.93. The molecular weight excluding hydrogens is 510 g/mol. The van der Waals surface area contributed by atoms with E-state index in [1.165, 1.54) is 0 Å². The van der Waals surface area contributed by atoms with E-state index in [-0.39, 0.29) is 30.3 Å². The quantitative estimate of drug-likeness (QED) is 0.0893. The molecule has 1 saturated carbocycles. The van der Waals surface area contributed by atoms with E-state index >= 15 is 0 Å². The fourth-order valence-electron chi connectivity index (χ4n) is 4.75. The maximum Gasteiger partial charge on any atom is 0.323 e. The van der Waals surface area contributed by atoms with Crippen LogP contribution in [0.2, 0.25) is 0 Å². The van der Waals surface area contributed by atoms with Crippen LogP contribution in [0.1, 0.15) is 76.2 Å². The summed E-state index contributed by atoms with van der Waals surface area (Å²) in [6.07, 6.45) is 9.22. The van der Waals surface area contributed by atoms with Crippen LogP contribution in [0.5, 0.6) is 5.75 Å². The van der Waals surface area contributed by atoms with Crippen LogP contribution >= 0.6 is 0 Å². The molecule has 1 unspecified atom stereocenters. The van der Waals surface area contributed by atoms with Crippen LogP contribution < -0.4 is 20.9 Å². The molecule has 0 aliphatic heterocycles. The van der Waals surface area contributed by atoms with Crippen molar-refractivity contribution >= 4 is 23.5 Å². The molecule has 40 heavy (non-hydrogen) atoms. The van der Waals surface area contributed by atoms with Gasteiger partial charge in [0.05, 0.1) is 6.61 Å². The van der Waals surface area contributed by atoms with Gasteiger partial charge in [-0.1, -0.05) is 49.2 Å². The number of ether oxygens (including phenoxy) is 2. The minimum absolute atomic E-state index is 0.0378. The monoisotopic (exact) mass is 553 g/mol. The van der Waals surface area contributed by atoms with Crippen LogP contribution in [0, 0.1) is 0 Å². The van der Waals surface area contributed by atoms with Gasteiger partial charge in [-0.2, -0.15) is 0 Å². The normalized spacial score (nSPS) is 13.9. The summed E-state index contributed by atoms with van der Waals surface area (Å²) in [6.45, 7) is 1.08. The number of esters is 1. The first-order chi connectivity index (χ1) is 19.5. The predicted molar refractivity (Wildman–Crippen MR) is 153 cm³/mol. The van der Waals surface area contributed by atoms with Crippen molar-refractivity contribution in [3.63, 3.8) is 0 Å². The standard InChI is InChI=1S/C31H43N3O6/c35-29(18-6-1-2-7-19-30(36)34-38)33-25-14-10-17-27(23-25)39-21-11-20-32-28(22-24-12-4-3-5-13-24)31(37)40-26-15-8-9-16-26/h3-5,10,12-14,17,23,26,28,32,38H,1-2,6-9,11,15-16,18-22H2,(H,33,35)(H,34,36). The number of nitrogens with one attached hydrogen (secondary N) is 3. The molecule has 9 heteroatoms. The molecule has 2 amide bonds. The van der Waals surface area contributed by atoms with E-state index in [0.717, 1.165) is 50.5 Å². The number of anilines is 1. The van der Waals surface area contributed by atoms with Gasteiger partial charge in [0.25, 0.3) is 0 Å². The summed E-state index contributed by atoms with van der Waals surface area (Å²) in [6, 6.07) is 16.9. The number of carbonyl (C=O) groups excluding carboxylic acids is 3. The van der Waals surface area contributed by atoms with Gasteiger partial charge in [-0.3, -0.25) is 19.6 Å². The third-order valence-corrected chi connectivity index (χ3v) is 6.93. The first-order valence-electron chi connectivity index (χ1n) is 14.5. The van der Waals surface area contributed by atoms with Gasteiger partial charge in [0.2, 0.25) is 11.8 Å². The SMILES string of the molecule is O=C(CCCCCCC(=O)Nc1cccc(OCCCNC(Cc2ccccc2)C(=O)OC2CCCC2)c1)NO. The van der Waals surface area contributed by atoms with Crippen LogP contribution in [-0.2, 0) is 25.5 Å². The van der Waals surface area contributed by atoms with E-state index < -0.39 is 6.04 Å². The van der Waals surface area contributed by atoms with Crippen molar-refractivity contribution in [3.05, 3.63) is 60.2 Å². The molecule has 1 aliphatic carbocycles. The number of carbonyl (C=O) groups is 3. The summed E-state index contributed by atoms with van der Waals surface area (Å²) in [5.41, 5.74) is 3.39. The van der Waals surface area contributed by atoms with Gasteiger partial charge in [-0.05, 0) is 75.6 Å². The van der Waals surface area contributed by atoms with Gasteiger partial charge in [-0.25, -0.2) is 5.48 Å². The fourth-order valence-corrected chi connectivity index (χ4v) is 4.75. The number of rotatable bonds is 18. The van der Waals surface area contributed by atoms with Crippen LogP contribution in [0.15, 0.2) is 54.6 Å². The van der Waals surface area contributed by atoms with E-state index in [0.29, 0.717) is 50.3 Å². The third-order valence-electron chi connectivity index (χ3n) is 6.93. The van der Waals surface area contributed by atoms with E-state index in [4.69, 9.17) is 14.7 Å². The van der Waals surface area contributed by atoms with Crippen molar-refractivity contribution in [2.24, 2.45) is 0 Å². The second-order valence-corrected chi connectivity index (χ2v) is 10.3. The van der Waals surface area contributed by atoms with Crippen molar-refractivity contribution in [2.45, 2.75) is 89.2 Å². The topological polar surface area (TPSA) is 126 Å². The van der Waals surface area contributed by atoms with Crippen molar-refractivity contribution in [3.8, 4) is 5.75 Å². The molecule has 3 rings (SSSR count). The summed E-state index contributed by atoms with van der Waals surface area (Å²) in [7, 11) is 0. The molecule has 0 spiro atoms. The Balaban J connectivity index is 1.35. The summed E-state index contributed by atoms with van der Waals surface area (Å²) in [4.78, 5) is 36.2. The highest BCUT2D eigenvalue weighted by Crippen LogP contribution is 2.22. The summed E-state index contributed by atoms with van der Waals surface area (Å²) < 4.78 is 11.7. The van der Waals surface area contributed by atoms with Gasteiger partial charge in [0.1, 0.15) is 17.9 Å². The van der Waals surface area contributed by atoms with Crippen molar-refractivity contribution in [1.29, 1.82) is 0 Å². The number of hydrogen-bond donors (Lipinski definition) is 4. The van der Waals surface area contributed by atoms with Gasteiger partial charge in [0.15, 0.2) is 0 Å². The van der Waals surface area contributed by atoms with Gasteiger partial charge >= 0.3 is 5.97 Å². The third kappa shape index (κ3) is 12.2. The first-order valence-corrected chi connectivity index (χ1v) is 14.5. The highest BCUT2D eigenvalue weighted by Gasteiger charge is 2.25. The highest BCUT2D eigenvalue weighted by atomic mass is 16.5. The van der Waals surface area contributed by atoms with Crippen LogP contribution in [0.25, 0.3) is 0 Å². The molecule has 0 radical (unpaired) electrons. The Morgan fingerprint density at radius 2 is 1.60 bits per heavy atom. The van der Waals surface area contributed by atoms with Crippen molar-refractivity contribution < 1.29 is 29.1 Å². The Bertz CT molecular complexity index is 1040. The van der Waals surface area contributed by atoms with Crippen molar-refractivity contribution in [1.82, 2.24) is 10.8 Å². The Hall–Kier alpha value is -3.43. The summed E-state index contributed by atoms with van der Waals surface area (Å²) in [5, 5.41) is 14.8. The Morgan fingerprint density at radius 3 is 2.33 bits per heavy atom. The number of hydroxylamine groups is 1. The van der Waals surface area contributed by atoms with E-state index in [1.807, 2.05) is 48.5 Å². The number of hydrogen-bond acceptors (Lipinski definition) is 7. The fraction of sp³-hybridized carbons (Fsp3) is 0.516. The molecule has 0 saturated heterocycles. The van der Waals surface area contributed by atoms with Crippen LogP contribution in [0.3, 0.4) is 0 Å². The lowest BCUT2D eigenvalue weighted by molar-refractivity contribution is -0.151. The highest BCUT2D eigenvalue weighted by molar-refractivity contribution is 5.90. The number of benzene rings is 2. The minimum Gasteiger partial charge on any atom is -0.493 e. The van der Waals surface area contributed by atoms with Gasteiger partial charge in [0, 0.05) is 24.6 Å². The minimum atomic E-state index is -0.401. The van der Waals surface area contributed by atoms with E-state index in [9.17, 15) is 14.4 Å². The lowest BCUT2D eigenvalue weighted by atomic mass is 10.1. The molecule has 1 aliphatic rings. The molecule has 2 aromatic rings. The zero-order valence-electron chi connectivity index (χ0n) is 23.2. The molecule has 1 fully saturated rings. The summed E-state index contributed by atoms with van der Waals surface area (Å²) in [5.74, 6) is 0.0293. The van der Waals surface area contributed by atoms with Crippen LogP contribution in [-0.4, -0.2) is 48.3 Å². The molecule has 0 aromatic heterocycles. The molecular formula is C31H43N3O6. The van der Waals surface area contributed by atoms with E-state index in [2.05, 4.69) is 10.6 Å². The zero-order chi connectivity index (χ0) is 28.4. The molecule has 1 atom stereocenters. The Labute approximate surface area is 237 Å².